The second-order valence-corrected chi connectivity index (χ2v) is 9.67. The van der Waals surface area contributed by atoms with Crippen LogP contribution in [0.3, 0.4) is 0 Å². The minimum absolute atomic E-state index is 0.0128. The molecule has 0 spiro atoms. The predicted molar refractivity (Wildman–Crippen MR) is 105 cm³/mol. The van der Waals surface area contributed by atoms with Gasteiger partial charge in [0.05, 0.1) is 4.43 Å². The fourth-order valence-electron chi connectivity index (χ4n) is 6.42. The van der Waals surface area contributed by atoms with Gasteiger partial charge in [-0.3, -0.25) is 14.4 Å². The standard InChI is InChI=1S/C21H24FIO3/c1-19-7-8-21(22)14(13(19)5-6-15(19)18(26)11-23)4-3-12-9-16(24)17(25)10-20(12,21)2/h6,9,13-14H,3-5,7-8,10-11H2,1-2H3/t13-,14-,19-,20-,21+/m0/s1. The number of rotatable bonds is 2. The zero-order valence-electron chi connectivity index (χ0n) is 15.2. The van der Waals surface area contributed by atoms with Crippen molar-refractivity contribution in [2.75, 3.05) is 4.43 Å². The van der Waals surface area contributed by atoms with Crippen LogP contribution in [0.2, 0.25) is 0 Å². The molecule has 0 aliphatic heterocycles. The maximum atomic E-state index is 16.6. The van der Waals surface area contributed by atoms with Crippen molar-refractivity contribution in [2.45, 2.75) is 58.0 Å². The molecule has 4 rings (SSSR count). The molecule has 0 heterocycles. The second kappa shape index (κ2) is 5.82. The van der Waals surface area contributed by atoms with E-state index in [1.165, 1.54) is 6.08 Å². The van der Waals surface area contributed by atoms with Crippen LogP contribution in [0.15, 0.2) is 23.3 Å². The first kappa shape index (κ1) is 18.5. The fourth-order valence-corrected chi connectivity index (χ4v) is 6.84. The van der Waals surface area contributed by atoms with Crippen molar-refractivity contribution in [3.63, 3.8) is 0 Å². The first-order valence-corrected chi connectivity index (χ1v) is 11.0. The fraction of sp³-hybridized carbons (Fsp3) is 0.667. The van der Waals surface area contributed by atoms with Gasteiger partial charge in [0.15, 0.2) is 5.78 Å². The highest BCUT2D eigenvalue weighted by molar-refractivity contribution is 14.1. The summed E-state index contributed by atoms with van der Waals surface area (Å²) in [5, 5.41) is 0. The average molecular weight is 470 g/mol. The normalized spacial score (nSPS) is 44.6. The maximum absolute atomic E-state index is 16.6. The van der Waals surface area contributed by atoms with Crippen molar-refractivity contribution < 1.29 is 18.8 Å². The SMILES string of the molecule is C[C@]12CC(=O)C(=O)C=C1CC[C@H]1[C@@H]3CC=C(C(=O)CI)[C@@]3(C)CC[C@@]12F. The molecule has 4 aliphatic rings. The molecule has 0 aromatic heterocycles. The van der Waals surface area contributed by atoms with Gasteiger partial charge >= 0.3 is 0 Å². The molecule has 4 aliphatic carbocycles. The molecule has 0 unspecified atom stereocenters. The van der Waals surface area contributed by atoms with Gasteiger partial charge < -0.3 is 0 Å². The van der Waals surface area contributed by atoms with Crippen molar-refractivity contribution in [3.05, 3.63) is 23.3 Å². The first-order valence-electron chi connectivity index (χ1n) is 9.44. The summed E-state index contributed by atoms with van der Waals surface area (Å²) in [7, 11) is 0. The molecule has 0 radical (unpaired) electrons. The summed E-state index contributed by atoms with van der Waals surface area (Å²) in [5.41, 5.74) is -0.902. The van der Waals surface area contributed by atoms with Crippen LogP contribution in [0.4, 0.5) is 4.39 Å². The number of carbonyl (C=O) groups is 3. The molecule has 5 heteroatoms. The Kier molecular flexibility index (Phi) is 4.14. The first-order chi connectivity index (χ1) is 12.2. The van der Waals surface area contributed by atoms with Gasteiger partial charge in [-0.1, -0.05) is 48.1 Å². The smallest absolute Gasteiger partial charge is 0.221 e. The van der Waals surface area contributed by atoms with Crippen molar-refractivity contribution in [1.29, 1.82) is 0 Å². The number of ketones is 3. The minimum atomic E-state index is -1.48. The Labute approximate surface area is 167 Å². The van der Waals surface area contributed by atoms with Gasteiger partial charge in [0, 0.05) is 11.8 Å². The highest BCUT2D eigenvalue weighted by Crippen LogP contribution is 2.68. The molecule has 2 saturated carbocycles. The lowest BCUT2D eigenvalue weighted by atomic mass is 9.45. The largest absolute Gasteiger partial charge is 0.294 e. The molecule has 5 atom stereocenters. The van der Waals surface area contributed by atoms with Crippen LogP contribution in [0, 0.1) is 22.7 Å². The molecule has 2 fully saturated rings. The Bertz CT molecular complexity index is 784. The van der Waals surface area contributed by atoms with E-state index in [9.17, 15) is 14.4 Å². The summed E-state index contributed by atoms with van der Waals surface area (Å²) in [5.74, 6) is -0.831. The van der Waals surface area contributed by atoms with Gasteiger partial charge in [0.25, 0.3) is 0 Å². The molecule has 140 valence electrons. The molecule has 0 aromatic carbocycles. The average Bonchev–Trinajstić information content (AvgIpc) is 2.94. The third kappa shape index (κ3) is 2.18. The van der Waals surface area contributed by atoms with E-state index in [2.05, 4.69) is 29.5 Å². The van der Waals surface area contributed by atoms with Gasteiger partial charge in [-0.05, 0) is 61.0 Å². The van der Waals surface area contributed by atoms with Crippen LogP contribution in [0.25, 0.3) is 0 Å². The molecule has 26 heavy (non-hydrogen) atoms. The molecule has 0 N–H and O–H groups in total. The summed E-state index contributed by atoms with van der Waals surface area (Å²) in [4.78, 5) is 36.4. The Morgan fingerprint density at radius 2 is 2.00 bits per heavy atom. The van der Waals surface area contributed by atoms with Crippen LogP contribution in [0.5, 0.6) is 0 Å². The Hall–Kier alpha value is -0.850. The van der Waals surface area contributed by atoms with Gasteiger partial charge in [-0.2, -0.15) is 0 Å². The van der Waals surface area contributed by atoms with Crippen molar-refractivity contribution in [3.8, 4) is 0 Å². The Morgan fingerprint density at radius 1 is 1.27 bits per heavy atom. The van der Waals surface area contributed by atoms with Crippen LogP contribution < -0.4 is 0 Å². The van der Waals surface area contributed by atoms with Crippen molar-refractivity contribution in [1.82, 2.24) is 0 Å². The van der Waals surface area contributed by atoms with Crippen LogP contribution in [-0.4, -0.2) is 27.4 Å². The van der Waals surface area contributed by atoms with E-state index in [4.69, 9.17) is 0 Å². The van der Waals surface area contributed by atoms with Crippen molar-refractivity contribution >= 4 is 39.9 Å². The highest BCUT2D eigenvalue weighted by atomic mass is 127. The topological polar surface area (TPSA) is 51.2 Å². The van der Waals surface area contributed by atoms with E-state index in [0.29, 0.717) is 30.1 Å². The molecular weight excluding hydrogens is 446 g/mol. The Balaban J connectivity index is 1.74. The zero-order chi connectivity index (χ0) is 18.9. The number of hydrogen-bond acceptors (Lipinski definition) is 3. The third-order valence-electron chi connectivity index (χ3n) is 7.96. The van der Waals surface area contributed by atoms with Gasteiger partial charge in [0.2, 0.25) is 11.6 Å². The highest BCUT2D eigenvalue weighted by Gasteiger charge is 2.67. The van der Waals surface area contributed by atoms with E-state index in [1.54, 1.807) is 0 Å². The van der Waals surface area contributed by atoms with Crippen LogP contribution >= 0.6 is 22.6 Å². The summed E-state index contributed by atoms with van der Waals surface area (Å²) in [6, 6.07) is 0. The quantitative estimate of drug-likeness (QED) is 0.343. The van der Waals surface area contributed by atoms with Gasteiger partial charge in [-0.25, -0.2) is 4.39 Å². The Morgan fingerprint density at radius 3 is 2.69 bits per heavy atom. The molecule has 0 bridgehead atoms. The van der Waals surface area contributed by atoms with Crippen LogP contribution in [-0.2, 0) is 14.4 Å². The lowest BCUT2D eigenvalue weighted by Crippen LogP contribution is -2.61. The zero-order valence-corrected chi connectivity index (χ0v) is 17.4. The minimum Gasteiger partial charge on any atom is -0.294 e. The third-order valence-corrected chi connectivity index (χ3v) is 8.65. The summed E-state index contributed by atoms with van der Waals surface area (Å²) >= 11 is 2.10. The number of carbonyl (C=O) groups excluding carboxylic acids is 3. The second-order valence-electron chi connectivity index (χ2n) is 8.91. The molecular formula is C21H24FIO3. The lowest BCUT2D eigenvalue weighted by molar-refractivity contribution is -0.151. The number of hydrogen-bond donors (Lipinski definition) is 0. The van der Waals surface area contributed by atoms with Crippen LogP contribution in [0.1, 0.15) is 52.4 Å². The molecule has 0 saturated heterocycles. The lowest BCUT2D eigenvalue weighted by Gasteiger charge is -2.60. The number of Topliss-reactive ketones (excluding diaryl/α,β-unsaturated/α-hetero) is 2. The molecule has 0 aromatic rings. The summed E-state index contributed by atoms with van der Waals surface area (Å²) in [6.07, 6.45) is 6.53. The summed E-state index contributed by atoms with van der Waals surface area (Å²) < 4.78 is 17.1. The number of allylic oxidation sites excluding steroid dienone is 4. The van der Waals surface area contributed by atoms with E-state index in [-0.39, 0.29) is 29.5 Å². The number of fused-ring (bicyclic) bond motifs is 5. The van der Waals surface area contributed by atoms with Gasteiger partial charge in [-0.15, -0.1) is 0 Å². The summed E-state index contributed by atoms with van der Waals surface area (Å²) in [6.45, 7) is 3.97. The molecule has 0 amide bonds. The maximum Gasteiger partial charge on any atom is 0.221 e. The van der Waals surface area contributed by atoms with Crippen molar-refractivity contribution in [2.24, 2.45) is 22.7 Å². The van der Waals surface area contributed by atoms with E-state index in [1.807, 2.05) is 13.0 Å². The number of halogens is 2. The van der Waals surface area contributed by atoms with E-state index < -0.39 is 22.7 Å². The van der Waals surface area contributed by atoms with Gasteiger partial charge in [0.1, 0.15) is 5.67 Å². The molecule has 3 nitrogen and oxygen atoms in total. The monoisotopic (exact) mass is 470 g/mol. The van der Waals surface area contributed by atoms with E-state index in [0.717, 1.165) is 17.6 Å². The number of alkyl halides is 2. The predicted octanol–water partition coefficient (Wildman–Crippen LogP) is 4.33. The van der Waals surface area contributed by atoms with E-state index >= 15 is 4.39 Å².